The summed E-state index contributed by atoms with van der Waals surface area (Å²) in [5, 5.41) is 23.1. The van der Waals surface area contributed by atoms with Crippen LogP contribution in [0.4, 0.5) is 34.6 Å². The number of aryl methyl sites for hydroxylation is 1. The number of anilines is 3. The predicted octanol–water partition coefficient (Wildman–Crippen LogP) is 17.9. The number of nitrogens with zero attached hydrogens (tertiary/aromatic N) is 6. The van der Waals surface area contributed by atoms with Crippen LogP contribution in [-0.4, -0.2) is 189 Å². The Kier molecular flexibility index (Phi) is 47.2. The number of allylic oxidation sites excluding steroid dienone is 1. The average Bonchev–Trinajstić information content (AvgIpc) is 1.61. The molecule has 0 saturated carbocycles. The second-order valence-corrected chi connectivity index (χ2v) is 48.3. The molecule has 3 saturated heterocycles. The van der Waals surface area contributed by atoms with Crippen LogP contribution in [0.15, 0.2) is 110 Å². The number of phosphoric acid groups is 3. The minimum Gasteiger partial charge on any atom is -0.488 e. The third kappa shape index (κ3) is 43.8. The van der Waals surface area contributed by atoms with E-state index in [1.54, 1.807) is 106 Å². The van der Waals surface area contributed by atoms with Gasteiger partial charge in [0.05, 0.1) is 48.2 Å². The van der Waals surface area contributed by atoms with Gasteiger partial charge in [0, 0.05) is 112 Å². The first kappa shape index (κ1) is 129. The van der Waals surface area contributed by atoms with Gasteiger partial charge in [-0.15, -0.1) is 10.1 Å². The molecule has 3 aliphatic rings. The molecule has 7 unspecified atom stereocenters. The van der Waals surface area contributed by atoms with E-state index < -0.39 is 154 Å². The van der Waals surface area contributed by atoms with Gasteiger partial charge in [0.25, 0.3) is 17.7 Å². The van der Waals surface area contributed by atoms with Crippen molar-refractivity contribution in [1.29, 1.82) is 0 Å². The Labute approximate surface area is 862 Å². The fraction of sp³-hybridized carbons (Fsp3) is 0.520. The van der Waals surface area contributed by atoms with Crippen molar-refractivity contribution in [2.24, 2.45) is 21.7 Å². The summed E-state index contributed by atoms with van der Waals surface area (Å²) in [4.78, 5) is 188. The number of nitrogens with two attached hydrogens (primary N) is 3. The standard InChI is InChI=1S/C28H47N4O16P3S.C17H19NO2.C12H12F4O2.C12H17NO2.C11H15NO2.C10H15NO4.C10H15NO3/c1-17-21-25(30-15-29-17)32(16-31-21)26-22(35)23(47-49(37,38)39)20(46-26)13-44-50(40,41)48-51(42,43)45-14-28(5,6)24(36)19(34)11-7-9-18(33)10-8-12-52-27(2,3)4;1-17(2,3)20-13-9-10-14(15(18)11-13)16(19)12-7-5-4-6-8-12;1-5-6(13)8(15)9(16)10(7(5)14)18-11(17)12(2,3)4;1-8(14)10-6-5-9(7-11(10)13)15-12(2,3)4;1-11(2,3)14-9-5-4-8(7-13)10(12)6-9;1-10(2,3)6-9(14)15-11-7(12)4-5-8(11)13;1-7-5-6-8(12)11(7)14-9(13)10(2,3)4/h15-16,20,22-24,26,35-36H,7-14H2,1-6H3,(H,40,41)(H,42,43)(H2,37,38,39);4-11H,18H2,1-3H3;1-4H3;5-7H,13H2,1-4H3;4-7H,12H2,1-3H3;4-6H2,1-3H3;1,5-6H2,2-4H3. The van der Waals surface area contributed by atoms with Crippen molar-refractivity contribution in [2.45, 2.75) is 296 Å². The van der Waals surface area contributed by atoms with Crippen LogP contribution in [0.5, 0.6) is 23.0 Å². The largest absolute Gasteiger partial charge is 0.488 e. The minimum atomic E-state index is -5.51. The predicted molar refractivity (Wildman–Crippen MR) is 542 cm³/mol. The molecule has 148 heavy (non-hydrogen) atoms. The zero-order chi connectivity index (χ0) is 113. The van der Waals surface area contributed by atoms with Crippen molar-refractivity contribution in [1.82, 2.24) is 29.6 Å². The number of carbonyl (C=O) groups excluding carboxylic acids is 11. The molecule has 40 nitrogen and oxygen atoms in total. The third-order valence-electron chi connectivity index (χ3n) is 19.9. The van der Waals surface area contributed by atoms with Gasteiger partial charge in [0.2, 0.25) is 11.6 Å². The molecule has 0 aliphatic carbocycles. The molecule has 3 aliphatic heterocycles. The second kappa shape index (κ2) is 54.0. The number of hydroxylamine groups is 4. The number of imidazole rings is 1. The zero-order valence-corrected chi connectivity index (χ0v) is 91.7. The fourth-order valence-electron chi connectivity index (χ4n) is 12.5. The van der Waals surface area contributed by atoms with Crippen LogP contribution >= 0.6 is 35.2 Å². The molecule has 820 valence electrons. The van der Waals surface area contributed by atoms with Crippen LogP contribution in [0.2, 0.25) is 0 Å². The Balaban J connectivity index is 0.000000392. The van der Waals surface area contributed by atoms with E-state index in [9.17, 15) is 114 Å². The number of benzene rings is 5. The number of hydrogen-bond acceptors (Lipinski definition) is 34. The number of imide groups is 1. The number of carbonyl (C=O) groups is 11. The molecule has 5 heterocycles. The number of aromatic nitrogens is 4. The molecule has 3 fully saturated rings. The number of aldehydes is 1. The number of aliphatic hydroxyl groups is 2. The van der Waals surface area contributed by atoms with Crippen molar-refractivity contribution >= 4 is 129 Å². The van der Waals surface area contributed by atoms with Crippen LogP contribution in [0, 0.1) is 58.8 Å². The van der Waals surface area contributed by atoms with Gasteiger partial charge in [0.15, 0.2) is 53.0 Å². The van der Waals surface area contributed by atoms with Crippen LogP contribution < -0.4 is 36.1 Å². The Morgan fingerprint density at radius 3 is 1.56 bits per heavy atom. The number of fused-ring (bicyclic) bond motifs is 1. The normalized spacial score (nSPS) is 16.6. The van der Waals surface area contributed by atoms with E-state index in [4.69, 9.17) is 54.9 Å². The molecule has 2 aromatic heterocycles. The number of esters is 1. The maximum absolute atomic E-state index is 13.5. The number of rotatable bonds is 32. The number of halogens is 4. The zero-order valence-electron chi connectivity index (χ0n) is 88.2. The van der Waals surface area contributed by atoms with Crippen molar-refractivity contribution in [3.05, 3.63) is 167 Å². The van der Waals surface area contributed by atoms with Crippen LogP contribution in [0.3, 0.4) is 0 Å². The molecular formula is C100H140F4N9O31P3S. The van der Waals surface area contributed by atoms with E-state index in [1.165, 1.54) is 58.8 Å². The smallest absolute Gasteiger partial charge is 0.481 e. The number of aliphatic hydroxyl groups excluding tert-OH is 2. The molecule has 0 spiro atoms. The van der Waals surface area contributed by atoms with Crippen LogP contribution in [-0.2, 0) is 84.3 Å². The van der Waals surface area contributed by atoms with Gasteiger partial charge in [0.1, 0.15) is 76.1 Å². The average molecular weight is 2170 g/mol. The second-order valence-electron chi connectivity index (χ2n) is 42.1. The van der Waals surface area contributed by atoms with Crippen LogP contribution in [0.1, 0.15) is 285 Å². The summed E-state index contributed by atoms with van der Waals surface area (Å²) in [7, 11) is -16.2. The molecular weight excluding hydrogens is 2020 g/mol. The highest BCUT2D eigenvalue weighted by Gasteiger charge is 2.51. The summed E-state index contributed by atoms with van der Waals surface area (Å²) in [5.74, 6) is -8.93. The third-order valence-corrected chi connectivity index (χ3v) is 24.3. The molecule has 5 aromatic carbocycles. The summed E-state index contributed by atoms with van der Waals surface area (Å²) in [5.41, 5.74) is 17.5. The van der Waals surface area contributed by atoms with Crippen LogP contribution in [0.25, 0.3) is 11.2 Å². The molecule has 7 aromatic rings. The van der Waals surface area contributed by atoms with Gasteiger partial charge in [-0.25, -0.2) is 51.4 Å². The molecule has 10 rings (SSSR count). The Morgan fingerprint density at radius 2 is 1.09 bits per heavy atom. The summed E-state index contributed by atoms with van der Waals surface area (Å²) < 4.78 is 137. The van der Waals surface area contributed by atoms with E-state index in [-0.39, 0.29) is 94.4 Å². The van der Waals surface area contributed by atoms with Gasteiger partial charge >= 0.3 is 41.4 Å². The monoisotopic (exact) mass is 2160 g/mol. The summed E-state index contributed by atoms with van der Waals surface area (Å²) in [6.45, 7) is 47.6. The number of nitrogen functional groups attached to an aromatic ring is 3. The number of Topliss-reactive ketones (excluding diaryl/α,β-unsaturated/α-hetero) is 3. The van der Waals surface area contributed by atoms with E-state index in [0.717, 1.165) is 24.0 Å². The van der Waals surface area contributed by atoms with Gasteiger partial charge in [-0.2, -0.15) is 20.5 Å². The number of amides is 3. The molecule has 0 bridgehead atoms. The SMILES string of the molecule is C=C1CCC(=O)N1OC(=O)C(C)(C)C.CC(=O)c1ccc(OC(C)(C)C)cc1N.CC(C)(C)CC(=O)ON1C(=O)CCC1=O.CC(C)(C)Oc1ccc(C(=O)c2ccccc2)c(N)c1.CC(C)(C)Oc1ccc(C=O)c(N)c1.Cc1c(F)c(F)c(F)c(OC(=O)C(C)(C)C)c1F.Cc1ncnc2c1ncn2C1OC(COP(=O)(O)OP(=O)(O)OCC(C)(C)C(O)C(=O)CCCC(=O)CCCSC(C)(C)C)C(OP(=O)(O)O)C1O. The van der Waals surface area contributed by atoms with Crippen molar-refractivity contribution in [3.8, 4) is 23.0 Å². The quantitative estimate of drug-likeness (QED) is 0.00162. The lowest BCUT2D eigenvalue weighted by molar-refractivity contribution is -0.198. The van der Waals surface area contributed by atoms with E-state index in [0.29, 0.717) is 104 Å². The Bertz CT molecular complexity index is 5960. The highest BCUT2D eigenvalue weighted by molar-refractivity contribution is 8.00. The topological polar surface area (TPSA) is 590 Å². The van der Waals surface area contributed by atoms with Gasteiger partial charge < -0.3 is 80.3 Å². The maximum Gasteiger partial charge on any atom is 0.481 e. The number of ether oxygens (including phenoxy) is 5. The first-order valence-corrected chi connectivity index (χ1v) is 52.0. The molecule has 0 radical (unpaired) electrons. The summed E-state index contributed by atoms with van der Waals surface area (Å²) in [6.07, 6.45) is -2.71. The van der Waals surface area contributed by atoms with E-state index >= 15 is 0 Å². The summed E-state index contributed by atoms with van der Waals surface area (Å²) in [6, 6.07) is 24.5. The van der Waals surface area contributed by atoms with Gasteiger partial charge in [-0.1, -0.05) is 92.3 Å². The van der Waals surface area contributed by atoms with Crippen molar-refractivity contribution in [2.75, 3.05) is 36.2 Å². The van der Waals surface area contributed by atoms with Crippen molar-refractivity contribution < 1.29 is 165 Å². The number of thioether (sulfide) groups is 1. The first-order chi connectivity index (χ1) is 67.6. The molecule has 3 amide bonds. The molecule has 12 N–H and O–H groups in total. The Hall–Kier alpha value is -11.1. The molecule has 48 heteroatoms. The first-order valence-electron chi connectivity index (χ1n) is 46.5. The number of hydrogen-bond donors (Lipinski definition) is 9. The van der Waals surface area contributed by atoms with Gasteiger partial charge in [-0.05, 0) is 191 Å². The lowest BCUT2D eigenvalue weighted by Gasteiger charge is -2.30. The fourth-order valence-corrected chi connectivity index (χ4v) is 16.2. The number of phosphoric ester groups is 3. The summed E-state index contributed by atoms with van der Waals surface area (Å²) >= 11 is 1.75. The molecule has 7 atom stereocenters. The minimum absolute atomic E-state index is 0.00861. The highest BCUT2D eigenvalue weighted by Crippen LogP contribution is 2.61. The van der Waals surface area contributed by atoms with E-state index in [2.05, 4.69) is 55.9 Å². The van der Waals surface area contributed by atoms with E-state index in [1.807, 2.05) is 101 Å². The highest BCUT2D eigenvalue weighted by atomic mass is 32.2. The van der Waals surface area contributed by atoms with Gasteiger partial charge in [-0.3, -0.25) is 61.3 Å². The maximum atomic E-state index is 13.5. The van der Waals surface area contributed by atoms with Crippen molar-refractivity contribution in [3.63, 3.8) is 0 Å². The lowest BCUT2D eigenvalue weighted by atomic mass is 9.84. The number of ketones is 4. The Morgan fingerprint density at radius 1 is 0.601 bits per heavy atom. The lowest BCUT2D eigenvalue weighted by Crippen LogP contribution is -2.39.